The lowest BCUT2D eigenvalue weighted by molar-refractivity contribution is 0.591. The Labute approximate surface area is 287 Å². The zero-order valence-electron chi connectivity index (χ0n) is 30.5. The van der Waals surface area contributed by atoms with Crippen molar-refractivity contribution in [2.75, 3.05) is 0 Å². The van der Waals surface area contributed by atoms with Gasteiger partial charge < -0.3 is 0 Å². The molecule has 242 valence electrons. The summed E-state index contributed by atoms with van der Waals surface area (Å²) in [5.41, 5.74) is 11.0. The maximum atomic E-state index is 2.46. The lowest BCUT2D eigenvalue weighted by Crippen LogP contribution is -2.10. The molecule has 0 saturated heterocycles. The molecule has 7 rings (SSSR count). The maximum absolute atomic E-state index is 2.46. The molecule has 0 aromatic heterocycles. The Morgan fingerprint density at radius 1 is 0.333 bits per heavy atom. The molecule has 0 saturated carbocycles. The molecule has 0 N–H and O–H groups in total. The monoisotopic (exact) mass is 626 g/mol. The average Bonchev–Trinajstić information content (AvgIpc) is 3.04. The van der Waals surface area contributed by atoms with Gasteiger partial charge in [-0.05, 0) is 135 Å². The normalized spacial score (nSPS) is 12.8. The molecule has 7 aromatic rings. The summed E-state index contributed by atoms with van der Waals surface area (Å²) in [6.45, 7) is 23.1. The summed E-state index contributed by atoms with van der Waals surface area (Å²) in [6.07, 6.45) is 0. The molecule has 0 aliphatic carbocycles. The van der Waals surface area contributed by atoms with Gasteiger partial charge in [0.25, 0.3) is 0 Å². The standard InChI is InChI=1S/C48H50/c1-29(2)45-41-21-17-38(32-12-14-36-26-40(48(8,9)10)20-16-34(36)24-32)28-44(41)46(30(3)4)42-22-18-37(27-43(42)45)31-11-13-35-25-39(47(5,6)7)19-15-33(35)23-31/h11-30H,1-10H3. The molecule has 0 atom stereocenters. The lowest BCUT2D eigenvalue weighted by atomic mass is 9.81. The Morgan fingerprint density at radius 2 is 0.646 bits per heavy atom. The molecule has 0 amide bonds. The number of rotatable bonds is 4. The molecule has 0 bridgehead atoms. The van der Waals surface area contributed by atoms with E-state index in [0.29, 0.717) is 11.8 Å². The highest BCUT2D eigenvalue weighted by molar-refractivity contribution is 6.09. The van der Waals surface area contributed by atoms with E-state index < -0.39 is 0 Å². The van der Waals surface area contributed by atoms with Gasteiger partial charge in [0.15, 0.2) is 0 Å². The Balaban J connectivity index is 1.38. The van der Waals surface area contributed by atoms with E-state index >= 15 is 0 Å². The Bertz CT molecular complexity index is 2180. The van der Waals surface area contributed by atoms with Crippen LogP contribution in [0.25, 0.3) is 65.3 Å². The number of hydrogen-bond donors (Lipinski definition) is 0. The van der Waals surface area contributed by atoms with Crippen LogP contribution in [-0.2, 0) is 10.8 Å². The van der Waals surface area contributed by atoms with Gasteiger partial charge in [0.1, 0.15) is 0 Å². The molecule has 7 aromatic carbocycles. The highest BCUT2D eigenvalue weighted by atomic mass is 14.2. The van der Waals surface area contributed by atoms with Crippen LogP contribution in [0.4, 0.5) is 0 Å². The van der Waals surface area contributed by atoms with Gasteiger partial charge in [-0.15, -0.1) is 0 Å². The van der Waals surface area contributed by atoms with E-state index in [1.165, 1.54) is 87.6 Å². The van der Waals surface area contributed by atoms with Crippen LogP contribution in [0, 0.1) is 0 Å². The summed E-state index contributed by atoms with van der Waals surface area (Å²) in [5, 5.41) is 10.7. The molecule has 0 radical (unpaired) electrons. The van der Waals surface area contributed by atoms with Crippen LogP contribution >= 0.6 is 0 Å². The highest BCUT2D eigenvalue weighted by Crippen LogP contribution is 2.43. The van der Waals surface area contributed by atoms with Gasteiger partial charge in [-0.25, -0.2) is 0 Å². The van der Waals surface area contributed by atoms with Crippen LogP contribution in [0.2, 0.25) is 0 Å². The van der Waals surface area contributed by atoms with Crippen LogP contribution < -0.4 is 0 Å². The molecular weight excluding hydrogens is 577 g/mol. The molecule has 0 heterocycles. The van der Waals surface area contributed by atoms with Crippen LogP contribution in [0.3, 0.4) is 0 Å². The van der Waals surface area contributed by atoms with Gasteiger partial charge in [-0.3, -0.25) is 0 Å². The third-order valence-electron chi connectivity index (χ3n) is 10.4. The molecular formula is C48H50. The molecule has 0 spiro atoms. The SMILES string of the molecule is CC(C)c1c2ccc(-c3ccc4cc(C(C)(C)C)ccc4c3)cc2c(C(C)C)c2ccc(-c3ccc4cc(C(C)(C)C)ccc4c3)cc12. The van der Waals surface area contributed by atoms with Crippen molar-refractivity contribution in [3.05, 3.63) is 131 Å². The minimum atomic E-state index is 0.141. The van der Waals surface area contributed by atoms with Crippen molar-refractivity contribution in [3.8, 4) is 22.3 Å². The van der Waals surface area contributed by atoms with E-state index in [2.05, 4.69) is 178 Å². The van der Waals surface area contributed by atoms with Crippen molar-refractivity contribution < 1.29 is 0 Å². The zero-order chi connectivity index (χ0) is 34.1. The van der Waals surface area contributed by atoms with Crippen molar-refractivity contribution in [1.29, 1.82) is 0 Å². The van der Waals surface area contributed by atoms with Crippen molar-refractivity contribution in [2.45, 2.75) is 91.9 Å². The number of benzene rings is 7. The van der Waals surface area contributed by atoms with E-state index in [4.69, 9.17) is 0 Å². The number of fused-ring (bicyclic) bond motifs is 4. The summed E-state index contributed by atoms with van der Waals surface area (Å²) in [4.78, 5) is 0. The van der Waals surface area contributed by atoms with E-state index in [1.807, 2.05) is 0 Å². The second-order valence-electron chi connectivity index (χ2n) is 16.7. The van der Waals surface area contributed by atoms with Crippen LogP contribution in [0.1, 0.15) is 103 Å². The molecule has 0 aliphatic rings. The molecule has 0 aliphatic heterocycles. The number of hydrogen-bond acceptors (Lipinski definition) is 0. The fraction of sp³-hybridized carbons (Fsp3) is 0.292. The van der Waals surface area contributed by atoms with Gasteiger partial charge in [-0.2, -0.15) is 0 Å². The van der Waals surface area contributed by atoms with E-state index in [0.717, 1.165) is 0 Å². The fourth-order valence-corrected chi connectivity index (χ4v) is 7.68. The molecule has 0 unspecified atom stereocenters. The summed E-state index contributed by atoms with van der Waals surface area (Å²) in [5.74, 6) is 0.782. The van der Waals surface area contributed by atoms with E-state index in [1.54, 1.807) is 0 Å². The minimum absolute atomic E-state index is 0.141. The molecule has 0 nitrogen and oxygen atoms in total. The first kappa shape index (κ1) is 32.1. The quantitative estimate of drug-likeness (QED) is 0.171. The summed E-state index contributed by atoms with van der Waals surface area (Å²) < 4.78 is 0. The second-order valence-corrected chi connectivity index (χ2v) is 16.7. The molecule has 0 fully saturated rings. The Kier molecular flexibility index (Phi) is 7.78. The predicted octanol–water partition coefficient (Wildman–Crippen LogP) is 14.5. The van der Waals surface area contributed by atoms with Crippen LogP contribution in [0.15, 0.2) is 109 Å². The highest BCUT2D eigenvalue weighted by Gasteiger charge is 2.20. The van der Waals surface area contributed by atoms with Gasteiger partial charge >= 0.3 is 0 Å². The third-order valence-corrected chi connectivity index (χ3v) is 10.4. The van der Waals surface area contributed by atoms with Crippen molar-refractivity contribution in [3.63, 3.8) is 0 Å². The first-order valence-electron chi connectivity index (χ1n) is 17.8. The Morgan fingerprint density at radius 3 is 1.00 bits per heavy atom. The van der Waals surface area contributed by atoms with Crippen LogP contribution in [0.5, 0.6) is 0 Å². The van der Waals surface area contributed by atoms with Crippen molar-refractivity contribution in [1.82, 2.24) is 0 Å². The fourth-order valence-electron chi connectivity index (χ4n) is 7.68. The predicted molar refractivity (Wildman–Crippen MR) is 213 cm³/mol. The first-order valence-corrected chi connectivity index (χ1v) is 17.8. The smallest absolute Gasteiger partial charge is 0.0132 e. The first-order chi connectivity index (χ1) is 22.7. The topological polar surface area (TPSA) is 0 Å². The van der Waals surface area contributed by atoms with Crippen molar-refractivity contribution in [2.24, 2.45) is 0 Å². The minimum Gasteiger partial charge on any atom is -0.0586 e. The van der Waals surface area contributed by atoms with Crippen molar-refractivity contribution >= 4 is 43.1 Å². The maximum Gasteiger partial charge on any atom is -0.0132 e. The second kappa shape index (κ2) is 11.6. The summed E-state index contributed by atoms with van der Waals surface area (Å²) in [7, 11) is 0. The largest absolute Gasteiger partial charge is 0.0586 e. The van der Waals surface area contributed by atoms with E-state index in [-0.39, 0.29) is 10.8 Å². The summed E-state index contributed by atoms with van der Waals surface area (Å²) >= 11 is 0. The lowest BCUT2D eigenvalue weighted by Gasteiger charge is -2.22. The zero-order valence-corrected chi connectivity index (χ0v) is 30.5. The van der Waals surface area contributed by atoms with Gasteiger partial charge in [0, 0.05) is 0 Å². The van der Waals surface area contributed by atoms with E-state index in [9.17, 15) is 0 Å². The van der Waals surface area contributed by atoms with Gasteiger partial charge in [0.05, 0.1) is 0 Å². The third kappa shape index (κ3) is 5.70. The van der Waals surface area contributed by atoms with Gasteiger partial charge in [0.2, 0.25) is 0 Å². The van der Waals surface area contributed by atoms with Gasteiger partial charge in [-0.1, -0.05) is 154 Å². The summed E-state index contributed by atoms with van der Waals surface area (Å²) in [6, 6.07) is 42.2. The molecule has 0 heteroatoms. The Hall–Kier alpha value is -4.42. The molecule has 48 heavy (non-hydrogen) atoms. The van der Waals surface area contributed by atoms with Crippen LogP contribution in [-0.4, -0.2) is 0 Å². The average molecular weight is 627 g/mol.